The Labute approximate surface area is 111 Å². The Bertz CT molecular complexity index is 420. The van der Waals surface area contributed by atoms with Crippen LogP contribution in [0.4, 0.5) is 0 Å². The summed E-state index contributed by atoms with van der Waals surface area (Å²) in [7, 11) is 0. The third kappa shape index (κ3) is 4.23. The van der Waals surface area contributed by atoms with E-state index in [1.54, 1.807) is 17.4 Å². The molecule has 0 unspecified atom stereocenters. The predicted molar refractivity (Wildman–Crippen MR) is 72.5 cm³/mol. The molecule has 98 valence electrons. The Morgan fingerprint density at radius 1 is 1.39 bits per heavy atom. The highest BCUT2D eigenvalue weighted by atomic mass is 32.1. The van der Waals surface area contributed by atoms with Gasteiger partial charge < -0.3 is 5.11 Å². The molecule has 0 saturated carbocycles. The highest BCUT2D eigenvalue weighted by Crippen LogP contribution is 2.16. The quantitative estimate of drug-likeness (QED) is 0.851. The molecule has 2 heterocycles. The summed E-state index contributed by atoms with van der Waals surface area (Å²) in [4.78, 5) is 17.3. The number of aliphatic carboxylic acids is 1. The summed E-state index contributed by atoms with van der Waals surface area (Å²) >= 11 is 1.60. The number of carbonyl (C=O) groups is 1. The zero-order valence-electron chi connectivity index (χ0n) is 10.3. The van der Waals surface area contributed by atoms with Crippen LogP contribution in [0.3, 0.4) is 0 Å². The Balaban J connectivity index is 1.91. The first kappa shape index (κ1) is 13.2. The lowest BCUT2D eigenvalue weighted by atomic mass is 10.2. The number of carboxylic acid groups (broad SMARTS) is 1. The predicted octanol–water partition coefficient (Wildman–Crippen LogP) is 2.62. The molecule has 0 bridgehead atoms. The van der Waals surface area contributed by atoms with Gasteiger partial charge in [0.2, 0.25) is 0 Å². The molecule has 1 aromatic rings. The Hall–Kier alpha value is -1.20. The molecule has 1 aliphatic rings. The highest BCUT2D eigenvalue weighted by Gasteiger charge is 2.11. The topological polar surface area (TPSA) is 53.4 Å². The molecule has 5 heteroatoms. The van der Waals surface area contributed by atoms with Gasteiger partial charge >= 0.3 is 5.97 Å². The lowest BCUT2D eigenvalue weighted by Crippen LogP contribution is -2.23. The molecule has 2 rings (SSSR count). The van der Waals surface area contributed by atoms with Crippen molar-refractivity contribution in [2.45, 2.75) is 32.2 Å². The zero-order valence-corrected chi connectivity index (χ0v) is 11.2. The summed E-state index contributed by atoms with van der Waals surface area (Å²) in [6.45, 7) is 3.20. The van der Waals surface area contributed by atoms with E-state index in [2.05, 4.69) is 9.88 Å². The Morgan fingerprint density at radius 2 is 2.11 bits per heavy atom. The van der Waals surface area contributed by atoms with Gasteiger partial charge in [-0.2, -0.15) is 0 Å². The molecule has 1 N–H and O–H groups in total. The minimum absolute atomic E-state index is 0.743. The maximum Gasteiger partial charge on any atom is 0.328 e. The van der Waals surface area contributed by atoms with Crippen LogP contribution in [0.2, 0.25) is 0 Å². The smallest absolute Gasteiger partial charge is 0.328 e. The lowest BCUT2D eigenvalue weighted by Gasteiger charge is -2.17. The molecule has 1 fully saturated rings. The van der Waals surface area contributed by atoms with E-state index in [0.29, 0.717) is 0 Å². The number of aromatic nitrogens is 1. The molecule has 4 nitrogen and oxygen atoms in total. The fraction of sp³-hybridized carbons (Fsp3) is 0.538. The minimum atomic E-state index is -0.933. The summed E-state index contributed by atoms with van der Waals surface area (Å²) < 4.78 is 0. The van der Waals surface area contributed by atoms with Crippen LogP contribution in [0, 0.1) is 0 Å². The fourth-order valence-corrected chi connectivity index (χ4v) is 2.92. The average molecular weight is 266 g/mol. The van der Waals surface area contributed by atoms with Crippen molar-refractivity contribution in [3.8, 4) is 0 Å². The molecule has 1 aliphatic heterocycles. The second-order valence-electron chi connectivity index (χ2n) is 4.53. The maximum atomic E-state index is 10.4. The monoisotopic (exact) mass is 266 g/mol. The first-order chi connectivity index (χ1) is 8.74. The Kier molecular flexibility index (Phi) is 4.90. The second-order valence-corrected chi connectivity index (χ2v) is 5.47. The number of likely N-dealkylation sites (tertiary alicyclic amines) is 1. The number of thiazole rings is 1. The van der Waals surface area contributed by atoms with Crippen LogP contribution in [0.25, 0.3) is 6.08 Å². The van der Waals surface area contributed by atoms with Gasteiger partial charge in [0.1, 0.15) is 5.01 Å². The first-order valence-electron chi connectivity index (χ1n) is 6.32. The maximum absolute atomic E-state index is 10.4. The molecular weight excluding hydrogens is 248 g/mol. The molecular formula is C13H18N2O2S. The van der Waals surface area contributed by atoms with E-state index < -0.39 is 5.97 Å². The largest absolute Gasteiger partial charge is 0.478 e. The molecule has 1 aromatic heterocycles. The van der Waals surface area contributed by atoms with Gasteiger partial charge in [-0.15, -0.1) is 11.3 Å². The fourth-order valence-electron chi connectivity index (χ4n) is 2.12. The minimum Gasteiger partial charge on any atom is -0.478 e. The van der Waals surface area contributed by atoms with Gasteiger partial charge in [0.15, 0.2) is 0 Å². The molecule has 0 amide bonds. The number of nitrogens with zero attached hydrogens (tertiary/aromatic N) is 2. The SMILES string of the molecule is O=C(O)/C=C/c1csc(CN2CCCCCC2)n1. The van der Waals surface area contributed by atoms with Gasteiger partial charge in [0, 0.05) is 11.5 Å². The van der Waals surface area contributed by atoms with E-state index in [0.717, 1.165) is 36.4 Å². The van der Waals surface area contributed by atoms with E-state index in [4.69, 9.17) is 5.11 Å². The van der Waals surface area contributed by atoms with Gasteiger partial charge in [-0.25, -0.2) is 9.78 Å². The number of hydrogen-bond donors (Lipinski definition) is 1. The van der Waals surface area contributed by atoms with Crippen LogP contribution >= 0.6 is 11.3 Å². The summed E-state index contributed by atoms with van der Waals surface area (Å²) in [5.41, 5.74) is 0.743. The zero-order chi connectivity index (χ0) is 12.8. The van der Waals surface area contributed by atoms with Gasteiger partial charge in [-0.3, -0.25) is 4.90 Å². The first-order valence-corrected chi connectivity index (χ1v) is 7.20. The molecule has 18 heavy (non-hydrogen) atoms. The van der Waals surface area contributed by atoms with Crippen molar-refractivity contribution >= 4 is 23.4 Å². The molecule has 0 aromatic carbocycles. The molecule has 0 aliphatic carbocycles. The van der Waals surface area contributed by atoms with Crippen LogP contribution in [0.5, 0.6) is 0 Å². The van der Waals surface area contributed by atoms with Crippen LogP contribution in [-0.2, 0) is 11.3 Å². The van der Waals surface area contributed by atoms with Gasteiger partial charge in [0.05, 0.1) is 12.2 Å². The third-order valence-electron chi connectivity index (χ3n) is 3.02. The number of hydrogen-bond acceptors (Lipinski definition) is 4. The van der Waals surface area contributed by atoms with Crippen molar-refractivity contribution in [2.24, 2.45) is 0 Å². The summed E-state index contributed by atoms with van der Waals surface area (Å²) in [5.74, 6) is -0.933. The van der Waals surface area contributed by atoms with E-state index in [9.17, 15) is 4.79 Å². The van der Waals surface area contributed by atoms with Crippen molar-refractivity contribution in [3.05, 3.63) is 22.2 Å². The van der Waals surface area contributed by atoms with Crippen LogP contribution in [0.15, 0.2) is 11.5 Å². The second kappa shape index (κ2) is 6.66. The van der Waals surface area contributed by atoms with Gasteiger partial charge in [0.25, 0.3) is 0 Å². The summed E-state index contributed by atoms with van der Waals surface area (Å²) in [6.07, 6.45) is 7.89. The van der Waals surface area contributed by atoms with Crippen molar-refractivity contribution in [3.63, 3.8) is 0 Å². The summed E-state index contributed by atoms with van der Waals surface area (Å²) in [5, 5.41) is 11.5. The molecule has 0 radical (unpaired) electrons. The number of carboxylic acids is 1. The summed E-state index contributed by atoms with van der Waals surface area (Å²) in [6, 6.07) is 0. The standard InChI is InChI=1S/C13H18N2O2S/c16-13(17)6-5-11-10-18-12(14-11)9-15-7-3-1-2-4-8-15/h5-6,10H,1-4,7-9H2,(H,16,17)/b6-5+. The number of rotatable bonds is 4. The van der Waals surface area contributed by atoms with Gasteiger partial charge in [-0.1, -0.05) is 12.8 Å². The molecule has 0 spiro atoms. The van der Waals surface area contributed by atoms with E-state index >= 15 is 0 Å². The van der Waals surface area contributed by atoms with E-state index in [1.165, 1.54) is 25.7 Å². The third-order valence-corrected chi connectivity index (χ3v) is 3.88. The van der Waals surface area contributed by atoms with E-state index in [-0.39, 0.29) is 0 Å². The van der Waals surface area contributed by atoms with Crippen molar-refractivity contribution in [2.75, 3.05) is 13.1 Å². The molecule has 0 atom stereocenters. The van der Waals surface area contributed by atoms with Gasteiger partial charge in [-0.05, 0) is 32.0 Å². The van der Waals surface area contributed by atoms with Crippen LogP contribution in [0.1, 0.15) is 36.4 Å². The van der Waals surface area contributed by atoms with Crippen molar-refractivity contribution in [1.29, 1.82) is 0 Å². The van der Waals surface area contributed by atoms with Crippen LogP contribution in [-0.4, -0.2) is 34.0 Å². The lowest BCUT2D eigenvalue weighted by molar-refractivity contribution is -0.131. The normalized spacial score (nSPS) is 18.0. The molecule has 1 saturated heterocycles. The van der Waals surface area contributed by atoms with Crippen molar-refractivity contribution < 1.29 is 9.90 Å². The Morgan fingerprint density at radius 3 is 2.78 bits per heavy atom. The van der Waals surface area contributed by atoms with Crippen molar-refractivity contribution in [1.82, 2.24) is 9.88 Å². The highest BCUT2D eigenvalue weighted by molar-refractivity contribution is 7.09. The van der Waals surface area contributed by atoms with Crippen LogP contribution < -0.4 is 0 Å². The average Bonchev–Trinajstić information content (AvgIpc) is 2.62. The van der Waals surface area contributed by atoms with E-state index in [1.807, 2.05) is 5.38 Å².